The van der Waals surface area contributed by atoms with Gasteiger partial charge in [-0.2, -0.15) is 9.97 Å². The molecule has 1 atom stereocenters. The fourth-order valence-electron chi connectivity index (χ4n) is 6.41. The number of fused-ring (bicyclic) bond motifs is 2. The van der Waals surface area contributed by atoms with Crippen LogP contribution in [0.4, 0.5) is 11.5 Å². The second-order valence-electron chi connectivity index (χ2n) is 12.2. The Morgan fingerprint density at radius 3 is 2.77 bits per heavy atom. The number of carbonyl (C=O) groups excluding carboxylic acids is 1. The zero-order valence-electron chi connectivity index (χ0n) is 23.8. The first-order valence-electron chi connectivity index (χ1n) is 14.4. The van der Waals surface area contributed by atoms with Crippen molar-refractivity contribution in [3.8, 4) is 6.01 Å². The van der Waals surface area contributed by atoms with E-state index < -0.39 is 0 Å². The minimum atomic E-state index is -0.0281. The van der Waals surface area contributed by atoms with Gasteiger partial charge >= 0.3 is 6.01 Å². The Morgan fingerprint density at radius 1 is 1.18 bits per heavy atom. The van der Waals surface area contributed by atoms with Crippen LogP contribution in [-0.2, 0) is 13.1 Å². The van der Waals surface area contributed by atoms with E-state index in [1.807, 2.05) is 35.2 Å². The highest BCUT2D eigenvalue weighted by Crippen LogP contribution is 2.46. The molecule has 1 saturated heterocycles. The summed E-state index contributed by atoms with van der Waals surface area (Å²) >= 11 is 2.30. The molecule has 2 aliphatic heterocycles. The van der Waals surface area contributed by atoms with Crippen molar-refractivity contribution in [2.45, 2.75) is 64.6 Å². The van der Waals surface area contributed by atoms with E-state index in [-0.39, 0.29) is 11.3 Å². The number of benzene rings is 2. The number of nitrogens with zero attached hydrogens (tertiary/aromatic N) is 5. The Bertz CT molecular complexity index is 1440. The predicted octanol–water partition coefficient (Wildman–Crippen LogP) is 5.46. The van der Waals surface area contributed by atoms with E-state index >= 15 is 0 Å². The van der Waals surface area contributed by atoms with Crippen LogP contribution in [0.2, 0.25) is 0 Å². The van der Waals surface area contributed by atoms with Gasteiger partial charge in [-0.3, -0.25) is 4.79 Å². The van der Waals surface area contributed by atoms with Gasteiger partial charge in [-0.25, -0.2) is 0 Å². The molecule has 2 N–H and O–H groups in total. The lowest BCUT2D eigenvalue weighted by Crippen LogP contribution is -2.34. The summed E-state index contributed by atoms with van der Waals surface area (Å²) in [6.45, 7) is 5.79. The number of halogens is 1. The molecule has 1 saturated carbocycles. The summed E-state index contributed by atoms with van der Waals surface area (Å²) < 4.78 is 7.37. The van der Waals surface area contributed by atoms with Gasteiger partial charge in [0.15, 0.2) is 0 Å². The molecule has 1 unspecified atom stereocenters. The molecule has 3 aliphatic rings. The largest absolute Gasteiger partial charge is 0.463 e. The predicted molar refractivity (Wildman–Crippen MR) is 168 cm³/mol. The van der Waals surface area contributed by atoms with Crippen molar-refractivity contribution < 1.29 is 9.53 Å². The van der Waals surface area contributed by atoms with Crippen LogP contribution in [0.3, 0.4) is 0 Å². The number of hydrogen-bond acceptors (Lipinski definition) is 7. The number of ether oxygens (including phenoxy) is 1. The number of nitrogen functional groups attached to an aromatic ring is 1. The topological polar surface area (TPSA) is 87.8 Å². The zero-order chi connectivity index (χ0) is 28.0. The molecule has 0 radical (unpaired) electrons. The van der Waals surface area contributed by atoms with Crippen molar-refractivity contribution in [1.82, 2.24) is 19.8 Å². The van der Waals surface area contributed by atoms with Crippen LogP contribution in [0.5, 0.6) is 6.01 Å². The van der Waals surface area contributed by atoms with E-state index in [0.29, 0.717) is 43.0 Å². The number of aromatic nitrogens is 2. The van der Waals surface area contributed by atoms with Gasteiger partial charge in [0.25, 0.3) is 5.91 Å². The minimum absolute atomic E-state index is 0.0281. The zero-order valence-corrected chi connectivity index (χ0v) is 25.9. The highest BCUT2D eigenvalue weighted by molar-refractivity contribution is 14.1. The Hall–Kier alpha value is -2.66. The molecule has 8 nitrogen and oxygen atoms in total. The molecular weight excluding hydrogens is 615 g/mol. The van der Waals surface area contributed by atoms with Crippen LogP contribution < -0.4 is 15.4 Å². The van der Waals surface area contributed by atoms with E-state index in [0.717, 1.165) is 57.3 Å². The Balaban J connectivity index is 1.33. The van der Waals surface area contributed by atoms with Crippen LogP contribution >= 0.6 is 22.6 Å². The van der Waals surface area contributed by atoms with Crippen molar-refractivity contribution in [3.05, 3.63) is 50.7 Å². The summed E-state index contributed by atoms with van der Waals surface area (Å²) in [5, 5.41) is 1.93. The maximum absolute atomic E-state index is 14.1. The molecular formula is C31H39IN6O2. The third-order valence-corrected chi connectivity index (χ3v) is 9.55. The summed E-state index contributed by atoms with van der Waals surface area (Å²) in [6.07, 6.45) is 7.07. The molecule has 9 heteroatoms. The van der Waals surface area contributed by atoms with Crippen LogP contribution in [0.25, 0.3) is 10.8 Å². The van der Waals surface area contributed by atoms with Gasteiger partial charge < -0.3 is 25.2 Å². The molecule has 0 bridgehead atoms. The van der Waals surface area contributed by atoms with Crippen LogP contribution in [0.15, 0.2) is 30.3 Å². The molecule has 6 rings (SSSR count). The number of rotatable bonds is 7. The van der Waals surface area contributed by atoms with Crippen LogP contribution in [-0.4, -0.2) is 65.5 Å². The monoisotopic (exact) mass is 654 g/mol. The average Bonchev–Trinajstić information content (AvgIpc) is 3.59. The lowest BCUT2D eigenvalue weighted by molar-refractivity contribution is 0.0752. The number of nitrogens with two attached hydrogens (primary N) is 1. The third-order valence-electron chi connectivity index (χ3n) is 8.65. The molecule has 40 heavy (non-hydrogen) atoms. The van der Waals surface area contributed by atoms with Gasteiger partial charge in [0, 0.05) is 44.8 Å². The first-order chi connectivity index (χ1) is 19.2. The second-order valence-corrected chi connectivity index (χ2v) is 13.4. The van der Waals surface area contributed by atoms with Crippen molar-refractivity contribution in [1.29, 1.82) is 0 Å². The first-order valence-corrected chi connectivity index (χ1v) is 15.5. The quantitative estimate of drug-likeness (QED) is 0.268. The molecule has 2 aromatic carbocycles. The molecule has 0 spiro atoms. The fraction of sp³-hybridized carbons (Fsp3) is 0.516. The van der Waals surface area contributed by atoms with E-state index in [1.54, 1.807) is 0 Å². The molecule has 1 amide bonds. The van der Waals surface area contributed by atoms with Crippen molar-refractivity contribution in [2.75, 3.05) is 44.4 Å². The van der Waals surface area contributed by atoms with E-state index in [9.17, 15) is 4.79 Å². The van der Waals surface area contributed by atoms with Gasteiger partial charge in [-0.1, -0.05) is 25.0 Å². The van der Waals surface area contributed by atoms with E-state index in [4.69, 9.17) is 20.4 Å². The summed E-state index contributed by atoms with van der Waals surface area (Å²) in [6, 6.07) is 10.6. The summed E-state index contributed by atoms with van der Waals surface area (Å²) in [4.78, 5) is 30.5. The maximum atomic E-state index is 14.1. The second kappa shape index (κ2) is 11.0. The van der Waals surface area contributed by atoms with E-state index in [1.165, 1.54) is 25.7 Å². The SMILES string of the molecule is CC1CCCCCN1c1nc(OCC2(CN(C)C)CC2)nc2c1CN(C(=O)c1cc(N)cc3cccc(I)c13)C2. The minimum Gasteiger partial charge on any atom is -0.463 e. The van der Waals surface area contributed by atoms with Gasteiger partial charge in [-0.05, 0) is 92.9 Å². The first kappa shape index (κ1) is 27.5. The summed E-state index contributed by atoms with van der Waals surface area (Å²) in [5.41, 5.74) is 9.61. The lowest BCUT2D eigenvalue weighted by Gasteiger charge is -2.30. The fourth-order valence-corrected chi connectivity index (χ4v) is 7.22. The maximum Gasteiger partial charge on any atom is 0.318 e. The van der Waals surface area contributed by atoms with Crippen LogP contribution in [0, 0.1) is 8.99 Å². The Labute approximate surface area is 250 Å². The molecule has 1 aliphatic carbocycles. The van der Waals surface area contributed by atoms with Gasteiger partial charge in [-0.15, -0.1) is 0 Å². The average molecular weight is 655 g/mol. The summed E-state index contributed by atoms with van der Waals surface area (Å²) in [7, 11) is 4.22. The van der Waals surface area contributed by atoms with Crippen molar-refractivity contribution >= 4 is 50.8 Å². The number of carbonyl (C=O) groups is 1. The highest BCUT2D eigenvalue weighted by Gasteiger charge is 2.44. The van der Waals surface area contributed by atoms with Gasteiger partial charge in [0.2, 0.25) is 0 Å². The number of amides is 1. The molecule has 2 fully saturated rings. The Morgan fingerprint density at radius 2 is 2.00 bits per heavy atom. The van der Waals surface area contributed by atoms with Crippen molar-refractivity contribution in [2.24, 2.45) is 5.41 Å². The number of anilines is 2. The molecule has 3 aromatic rings. The molecule has 1 aromatic heterocycles. The highest BCUT2D eigenvalue weighted by atomic mass is 127. The smallest absolute Gasteiger partial charge is 0.318 e. The Kier molecular flexibility index (Phi) is 7.54. The normalized spacial score (nSPS) is 20.1. The third kappa shape index (κ3) is 5.46. The van der Waals surface area contributed by atoms with Gasteiger partial charge in [0.05, 0.1) is 31.0 Å². The van der Waals surface area contributed by atoms with Crippen LogP contribution in [0.1, 0.15) is 67.1 Å². The van der Waals surface area contributed by atoms with Gasteiger partial charge in [0.1, 0.15) is 5.82 Å². The lowest BCUT2D eigenvalue weighted by atomic mass is 10.0. The number of hydrogen-bond donors (Lipinski definition) is 1. The standard InChI is InChI=1S/C31H39IN6O2/c1-20-8-5-4-6-13-38(20)28-24-16-37(29(39)23-15-22(33)14-21-9-7-10-25(32)27(21)23)17-26(24)34-30(35-28)40-19-31(11-12-31)18-36(2)3/h7,9-10,14-15,20H,4-6,8,11-13,16-19,33H2,1-3H3. The molecule has 212 valence electrons. The van der Waals surface area contributed by atoms with E-state index in [2.05, 4.69) is 53.4 Å². The van der Waals surface area contributed by atoms with Crippen molar-refractivity contribution in [3.63, 3.8) is 0 Å². The summed E-state index contributed by atoms with van der Waals surface area (Å²) in [5.74, 6) is 0.911. The molecule has 3 heterocycles.